The number of piperidine rings is 1. The predicted molar refractivity (Wildman–Crippen MR) is 130 cm³/mol. The second-order valence-electron chi connectivity index (χ2n) is 11.0. The van der Waals surface area contributed by atoms with Crippen molar-refractivity contribution in [2.75, 3.05) is 7.11 Å². The number of alkyl halides is 5. The summed E-state index contributed by atoms with van der Waals surface area (Å²) >= 11 is 0. The molecular weight excluding hydrogens is 560 g/mol. The highest BCUT2D eigenvalue weighted by Crippen LogP contribution is 2.49. The Kier molecular flexibility index (Phi) is 7.45. The first-order valence-corrected chi connectivity index (χ1v) is 13.3. The van der Waals surface area contributed by atoms with Gasteiger partial charge < -0.3 is 20.1 Å². The molecule has 224 valence electrons. The van der Waals surface area contributed by atoms with Crippen molar-refractivity contribution in [1.82, 2.24) is 25.4 Å². The number of amides is 2. The summed E-state index contributed by atoms with van der Waals surface area (Å²) in [6.07, 6.45) is -4.87. The van der Waals surface area contributed by atoms with Gasteiger partial charge in [0.2, 0.25) is 11.8 Å². The van der Waals surface area contributed by atoms with Gasteiger partial charge in [0, 0.05) is 35.7 Å². The number of carbonyl (C=O) groups is 2. The van der Waals surface area contributed by atoms with Crippen molar-refractivity contribution in [3.63, 3.8) is 0 Å². The van der Waals surface area contributed by atoms with E-state index in [9.17, 15) is 41.0 Å². The molecule has 9 nitrogen and oxygen atoms in total. The van der Waals surface area contributed by atoms with Crippen LogP contribution < -0.4 is 10.1 Å². The van der Waals surface area contributed by atoms with Crippen molar-refractivity contribution in [2.45, 2.75) is 87.2 Å². The molecule has 4 heterocycles. The number of aromatic nitrogens is 3. The Labute approximate surface area is 230 Å². The van der Waals surface area contributed by atoms with E-state index in [0.717, 1.165) is 6.20 Å². The van der Waals surface area contributed by atoms with Crippen molar-refractivity contribution < 1.29 is 45.8 Å². The molecule has 2 aromatic rings. The Hall–Kier alpha value is -3.36. The highest BCUT2D eigenvalue weighted by Gasteiger charge is 2.69. The Morgan fingerprint density at radius 2 is 1.73 bits per heavy atom. The number of pyridine rings is 1. The number of H-pyrrole nitrogens is 1. The lowest BCUT2D eigenvalue weighted by molar-refractivity contribution is -0.347. The second kappa shape index (κ2) is 10.5. The first-order chi connectivity index (χ1) is 19.2. The Morgan fingerprint density at radius 3 is 2.32 bits per heavy atom. The monoisotopic (exact) mass is 589 g/mol. The van der Waals surface area contributed by atoms with Crippen LogP contribution >= 0.6 is 0 Å². The average Bonchev–Trinajstić information content (AvgIpc) is 3.51. The number of nitrogens with zero attached hydrogens (tertiary/aromatic N) is 3. The van der Waals surface area contributed by atoms with Crippen LogP contribution in [0.25, 0.3) is 11.3 Å². The standard InChI is InChI=1S/C26H29F6N5O4/c1-41-21-10-17(18(27)12-33-21)19-11-20(36-35-19)23(39)37-15-2-3-16(37)9-13(8-15)22(38)34-14-4-6-24(40,7-5-14)25(28,29)26(30,31)32/h10-16,40H,2-9H2,1H3,(H,34,38)(H,35,36)/t13?,14?,15-,16+,24?. The molecule has 15 heteroatoms. The number of aliphatic hydroxyl groups is 1. The number of nitrogens with one attached hydrogen (secondary N) is 2. The van der Waals surface area contributed by atoms with Gasteiger partial charge >= 0.3 is 12.1 Å². The van der Waals surface area contributed by atoms with Gasteiger partial charge in [-0.15, -0.1) is 0 Å². The molecule has 1 aliphatic carbocycles. The predicted octanol–water partition coefficient (Wildman–Crippen LogP) is 3.99. The number of aromatic amines is 1. The van der Waals surface area contributed by atoms with E-state index < -0.39 is 48.3 Å². The number of fused-ring (bicyclic) bond motifs is 2. The molecule has 0 spiro atoms. The molecule has 1 unspecified atom stereocenters. The first kappa shape index (κ1) is 29.1. The number of carbonyl (C=O) groups excluding carboxylic acids is 2. The van der Waals surface area contributed by atoms with E-state index in [4.69, 9.17) is 4.74 Å². The van der Waals surface area contributed by atoms with Crippen LogP contribution in [0, 0.1) is 11.7 Å². The lowest BCUT2D eigenvalue weighted by atomic mass is 9.77. The summed E-state index contributed by atoms with van der Waals surface area (Å²) in [6.45, 7) is 0. The van der Waals surface area contributed by atoms with Crippen molar-refractivity contribution in [3.05, 3.63) is 29.8 Å². The molecular formula is C26H29F6N5O4. The van der Waals surface area contributed by atoms with Crippen molar-refractivity contribution in [2.24, 2.45) is 5.92 Å². The molecule has 41 heavy (non-hydrogen) atoms. The van der Waals surface area contributed by atoms with Gasteiger partial charge in [-0.1, -0.05) is 0 Å². The molecule has 2 amide bonds. The van der Waals surface area contributed by atoms with Gasteiger partial charge in [-0.3, -0.25) is 14.7 Å². The maximum atomic E-state index is 14.3. The van der Waals surface area contributed by atoms with Crippen LogP contribution in [0.4, 0.5) is 26.3 Å². The molecule has 2 aromatic heterocycles. The van der Waals surface area contributed by atoms with Crippen molar-refractivity contribution in [3.8, 4) is 17.1 Å². The van der Waals surface area contributed by atoms with E-state index in [1.165, 1.54) is 19.2 Å². The molecule has 0 aromatic carbocycles. The summed E-state index contributed by atoms with van der Waals surface area (Å²) < 4.78 is 85.3. The molecule has 0 radical (unpaired) electrons. The summed E-state index contributed by atoms with van der Waals surface area (Å²) in [6, 6.07) is 1.67. The van der Waals surface area contributed by atoms with Crippen LogP contribution in [0.15, 0.2) is 18.3 Å². The molecule has 1 saturated carbocycles. The highest BCUT2D eigenvalue weighted by molar-refractivity contribution is 5.94. The zero-order valence-electron chi connectivity index (χ0n) is 22.0. The maximum Gasteiger partial charge on any atom is 0.456 e. The van der Waals surface area contributed by atoms with Crippen LogP contribution in [-0.2, 0) is 4.79 Å². The smallest absolute Gasteiger partial charge is 0.456 e. The fourth-order valence-corrected chi connectivity index (χ4v) is 6.30. The third-order valence-corrected chi connectivity index (χ3v) is 8.56. The summed E-state index contributed by atoms with van der Waals surface area (Å²) in [7, 11) is 1.39. The van der Waals surface area contributed by atoms with E-state index in [1.807, 2.05) is 0 Å². The largest absolute Gasteiger partial charge is 0.481 e. The van der Waals surface area contributed by atoms with Crippen LogP contribution in [0.3, 0.4) is 0 Å². The minimum absolute atomic E-state index is 0.105. The topological polar surface area (TPSA) is 120 Å². The quantitative estimate of drug-likeness (QED) is 0.439. The molecule has 3 aliphatic rings. The van der Waals surface area contributed by atoms with Gasteiger partial charge in [-0.2, -0.15) is 27.1 Å². The molecule has 2 saturated heterocycles. The SMILES string of the molecule is COc1cc(-c2cc(C(=O)N3[C@@H]4CC[C@H]3CC(C(=O)NC3CCC(O)(C(F)(F)C(F)(F)F)CC3)C4)[nH]n2)c(F)cn1. The maximum absolute atomic E-state index is 14.3. The zero-order valence-corrected chi connectivity index (χ0v) is 22.0. The van der Waals surface area contributed by atoms with Crippen LogP contribution in [0.5, 0.6) is 5.88 Å². The molecule has 3 fully saturated rings. The summed E-state index contributed by atoms with van der Waals surface area (Å²) in [5, 5.41) is 19.5. The minimum atomic E-state index is -5.87. The fourth-order valence-electron chi connectivity index (χ4n) is 6.30. The Balaban J connectivity index is 1.19. The number of halogens is 6. The van der Waals surface area contributed by atoms with Crippen LogP contribution in [0.2, 0.25) is 0 Å². The van der Waals surface area contributed by atoms with E-state index in [-0.39, 0.29) is 59.6 Å². The van der Waals surface area contributed by atoms with Gasteiger partial charge in [-0.05, 0) is 57.4 Å². The molecule has 2 aliphatic heterocycles. The van der Waals surface area contributed by atoms with E-state index >= 15 is 0 Å². The van der Waals surface area contributed by atoms with E-state index in [1.54, 1.807) is 4.90 Å². The van der Waals surface area contributed by atoms with Crippen LogP contribution in [0.1, 0.15) is 61.9 Å². The summed E-state index contributed by atoms with van der Waals surface area (Å²) in [4.78, 5) is 31.9. The first-order valence-electron chi connectivity index (χ1n) is 13.3. The Morgan fingerprint density at radius 1 is 1.10 bits per heavy atom. The second-order valence-corrected chi connectivity index (χ2v) is 11.0. The highest BCUT2D eigenvalue weighted by atomic mass is 19.4. The third-order valence-electron chi connectivity index (χ3n) is 8.56. The van der Waals surface area contributed by atoms with E-state index in [2.05, 4.69) is 20.5 Å². The summed E-state index contributed by atoms with van der Waals surface area (Å²) in [5.74, 6) is -6.86. The van der Waals surface area contributed by atoms with Gasteiger partial charge in [0.25, 0.3) is 5.91 Å². The van der Waals surface area contributed by atoms with Gasteiger partial charge in [0.15, 0.2) is 5.82 Å². The van der Waals surface area contributed by atoms with Crippen LogP contribution in [-0.4, -0.2) is 79.9 Å². The molecule has 2 bridgehead atoms. The van der Waals surface area contributed by atoms with E-state index in [0.29, 0.717) is 25.7 Å². The molecule has 3 N–H and O–H groups in total. The number of hydrogen-bond acceptors (Lipinski definition) is 6. The fraction of sp³-hybridized carbons (Fsp3) is 0.615. The number of ether oxygens (including phenoxy) is 1. The number of methoxy groups -OCH3 is 1. The van der Waals surface area contributed by atoms with Gasteiger partial charge in [0.05, 0.1) is 19.0 Å². The Bertz CT molecular complexity index is 1300. The number of hydrogen-bond donors (Lipinski definition) is 3. The summed E-state index contributed by atoms with van der Waals surface area (Å²) in [5.41, 5.74) is -2.76. The average molecular weight is 590 g/mol. The van der Waals surface area contributed by atoms with Gasteiger partial charge in [-0.25, -0.2) is 9.37 Å². The molecule has 3 atom stereocenters. The van der Waals surface area contributed by atoms with Crippen molar-refractivity contribution in [1.29, 1.82) is 0 Å². The normalized spacial score (nSPS) is 28.4. The lowest BCUT2D eigenvalue weighted by Crippen LogP contribution is -2.60. The van der Waals surface area contributed by atoms with Crippen molar-refractivity contribution >= 4 is 11.8 Å². The number of rotatable bonds is 6. The third kappa shape index (κ3) is 5.24. The lowest BCUT2D eigenvalue weighted by Gasteiger charge is -2.42. The van der Waals surface area contributed by atoms with Gasteiger partial charge in [0.1, 0.15) is 11.3 Å². The zero-order chi connectivity index (χ0) is 29.7. The minimum Gasteiger partial charge on any atom is -0.481 e. The molecule has 5 rings (SSSR count).